The Hall–Kier alpha value is -0.0800. The fourth-order valence-electron chi connectivity index (χ4n) is 2.64. The van der Waals surface area contributed by atoms with Crippen molar-refractivity contribution in [2.75, 3.05) is 26.2 Å². The zero-order valence-electron chi connectivity index (χ0n) is 9.47. The van der Waals surface area contributed by atoms with Crippen LogP contribution in [0.15, 0.2) is 0 Å². The monoisotopic (exact) mass is 195 g/mol. The van der Waals surface area contributed by atoms with E-state index in [4.69, 9.17) is 0 Å². The summed E-state index contributed by atoms with van der Waals surface area (Å²) in [4.78, 5) is 5.18. The van der Waals surface area contributed by atoms with Crippen molar-refractivity contribution in [2.24, 2.45) is 0 Å². The minimum absolute atomic E-state index is 1.29. The molecular formula is C12H23N2. The van der Waals surface area contributed by atoms with E-state index in [2.05, 4.69) is 16.7 Å². The maximum absolute atomic E-state index is 2.59. The molecule has 0 aromatic carbocycles. The number of hydrogen-bond donors (Lipinski definition) is 0. The van der Waals surface area contributed by atoms with E-state index in [0.29, 0.717) is 0 Å². The molecule has 0 amide bonds. The standard InChI is InChI=1S/C12H23N2/c1-12(13-8-4-2-5-9-13)14-10-6-3-7-11-14/h2-11H2,1H3. The summed E-state index contributed by atoms with van der Waals surface area (Å²) in [5.74, 6) is 0. The Bertz CT molecular complexity index is 140. The van der Waals surface area contributed by atoms with Gasteiger partial charge in [-0.2, -0.15) is 0 Å². The lowest BCUT2D eigenvalue weighted by Gasteiger charge is -2.40. The second-order valence-electron chi connectivity index (χ2n) is 4.64. The highest BCUT2D eigenvalue weighted by atomic mass is 15.3. The molecule has 2 heteroatoms. The summed E-state index contributed by atoms with van der Waals surface area (Å²) in [5, 5.41) is 0. The first kappa shape index (κ1) is 10.4. The third-order valence-electron chi connectivity index (χ3n) is 3.63. The molecule has 2 aliphatic rings. The first-order valence-electron chi connectivity index (χ1n) is 6.21. The summed E-state index contributed by atoms with van der Waals surface area (Å²) in [6.45, 7) is 7.49. The molecule has 2 saturated heterocycles. The van der Waals surface area contributed by atoms with Crippen molar-refractivity contribution in [1.82, 2.24) is 9.80 Å². The van der Waals surface area contributed by atoms with Gasteiger partial charge in [0, 0.05) is 0 Å². The van der Waals surface area contributed by atoms with E-state index in [9.17, 15) is 0 Å². The van der Waals surface area contributed by atoms with Gasteiger partial charge in [0.15, 0.2) is 0 Å². The van der Waals surface area contributed by atoms with Gasteiger partial charge in [-0.05, 0) is 58.8 Å². The minimum Gasteiger partial charge on any atom is -0.283 e. The molecule has 0 spiro atoms. The van der Waals surface area contributed by atoms with Gasteiger partial charge >= 0.3 is 0 Å². The predicted molar refractivity (Wildman–Crippen MR) is 59.8 cm³/mol. The van der Waals surface area contributed by atoms with E-state index in [-0.39, 0.29) is 0 Å². The van der Waals surface area contributed by atoms with Crippen LogP contribution in [0.2, 0.25) is 0 Å². The van der Waals surface area contributed by atoms with Gasteiger partial charge in [-0.1, -0.05) is 12.8 Å². The van der Waals surface area contributed by atoms with Gasteiger partial charge in [-0.15, -0.1) is 0 Å². The Balaban J connectivity index is 1.82. The van der Waals surface area contributed by atoms with E-state index in [1.54, 1.807) is 6.17 Å². The topological polar surface area (TPSA) is 6.48 Å². The Kier molecular flexibility index (Phi) is 3.82. The molecule has 2 heterocycles. The van der Waals surface area contributed by atoms with Gasteiger partial charge in [-0.3, -0.25) is 9.80 Å². The predicted octanol–water partition coefficient (Wildman–Crippen LogP) is 2.47. The molecule has 1 radical (unpaired) electrons. The molecule has 0 unspecified atom stereocenters. The average molecular weight is 195 g/mol. The summed E-state index contributed by atoms with van der Waals surface area (Å²) in [6, 6.07) is 0. The molecule has 0 bridgehead atoms. The van der Waals surface area contributed by atoms with Crippen LogP contribution in [0.5, 0.6) is 0 Å². The molecule has 0 N–H and O–H groups in total. The lowest BCUT2D eigenvalue weighted by Crippen LogP contribution is -2.44. The van der Waals surface area contributed by atoms with Crippen LogP contribution in [-0.4, -0.2) is 36.0 Å². The highest BCUT2D eigenvalue weighted by molar-refractivity contribution is 4.88. The van der Waals surface area contributed by atoms with Crippen LogP contribution in [0, 0.1) is 6.17 Å². The largest absolute Gasteiger partial charge is 0.283 e. The van der Waals surface area contributed by atoms with Crippen molar-refractivity contribution in [1.29, 1.82) is 0 Å². The fraction of sp³-hybridized carbons (Fsp3) is 0.917. The summed E-state index contributed by atoms with van der Waals surface area (Å²) in [6.07, 6.45) is 9.99. The third kappa shape index (κ3) is 2.48. The third-order valence-corrected chi connectivity index (χ3v) is 3.63. The van der Waals surface area contributed by atoms with E-state index < -0.39 is 0 Å². The minimum atomic E-state index is 1.29. The average Bonchev–Trinajstić information content (AvgIpc) is 2.30. The molecule has 2 fully saturated rings. The molecule has 0 atom stereocenters. The molecule has 0 saturated carbocycles. The zero-order valence-corrected chi connectivity index (χ0v) is 9.47. The van der Waals surface area contributed by atoms with Crippen molar-refractivity contribution in [2.45, 2.75) is 45.4 Å². The van der Waals surface area contributed by atoms with Crippen molar-refractivity contribution in [3.05, 3.63) is 6.17 Å². The molecule has 14 heavy (non-hydrogen) atoms. The molecule has 81 valence electrons. The molecule has 2 nitrogen and oxygen atoms in total. The first-order valence-corrected chi connectivity index (χ1v) is 6.21. The maximum Gasteiger partial charge on any atom is 0.103 e. The highest BCUT2D eigenvalue weighted by Crippen LogP contribution is 2.22. The SMILES string of the molecule is C[C](N1CCCCC1)N1CCCCC1. The van der Waals surface area contributed by atoms with Gasteiger partial charge in [0.05, 0.1) is 0 Å². The van der Waals surface area contributed by atoms with E-state index in [1.807, 2.05) is 0 Å². The summed E-state index contributed by atoms with van der Waals surface area (Å²) in [5.41, 5.74) is 0. The van der Waals surface area contributed by atoms with Gasteiger partial charge < -0.3 is 0 Å². The van der Waals surface area contributed by atoms with E-state index in [1.165, 1.54) is 64.7 Å². The number of hydrogen-bond acceptors (Lipinski definition) is 2. The van der Waals surface area contributed by atoms with Crippen molar-refractivity contribution in [3.63, 3.8) is 0 Å². The number of rotatable bonds is 2. The van der Waals surface area contributed by atoms with Crippen LogP contribution >= 0.6 is 0 Å². The lowest BCUT2D eigenvalue weighted by atomic mass is 10.1. The molecule has 0 aromatic heterocycles. The van der Waals surface area contributed by atoms with Crippen LogP contribution in [-0.2, 0) is 0 Å². The summed E-state index contributed by atoms with van der Waals surface area (Å²) < 4.78 is 0. The van der Waals surface area contributed by atoms with Crippen LogP contribution < -0.4 is 0 Å². The summed E-state index contributed by atoms with van der Waals surface area (Å²) in [7, 11) is 0. The highest BCUT2D eigenvalue weighted by Gasteiger charge is 2.24. The number of piperidine rings is 2. The Morgan fingerprint density at radius 2 is 1.00 bits per heavy atom. The maximum atomic E-state index is 2.59. The molecular weight excluding hydrogens is 172 g/mol. The normalized spacial score (nSPS) is 27.0. The quantitative estimate of drug-likeness (QED) is 0.668. The van der Waals surface area contributed by atoms with Crippen LogP contribution in [0.25, 0.3) is 0 Å². The lowest BCUT2D eigenvalue weighted by molar-refractivity contribution is 0.108. The number of likely N-dealkylation sites (tertiary alicyclic amines) is 2. The van der Waals surface area contributed by atoms with Crippen molar-refractivity contribution < 1.29 is 0 Å². The van der Waals surface area contributed by atoms with Crippen LogP contribution in [0.3, 0.4) is 0 Å². The van der Waals surface area contributed by atoms with Gasteiger partial charge in [0.1, 0.15) is 6.17 Å². The molecule has 2 rings (SSSR count). The molecule has 0 aliphatic carbocycles. The van der Waals surface area contributed by atoms with Gasteiger partial charge in [0.2, 0.25) is 0 Å². The zero-order chi connectivity index (χ0) is 9.80. The van der Waals surface area contributed by atoms with Crippen molar-refractivity contribution >= 4 is 0 Å². The Morgan fingerprint density at radius 1 is 0.643 bits per heavy atom. The van der Waals surface area contributed by atoms with Crippen LogP contribution in [0.1, 0.15) is 45.4 Å². The van der Waals surface area contributed by atoms with Crippen LogP contribution in [0.4, 0.5) is 0 Å². The number of nitrogens with zero attached hydrogens (tertiary/aromatic N) is 2. The van der Waals surface area contributed by atoms with E-state index in [0.717, 1.165) is 0 Å². The van der Waals surface area contributed by atoms with Crippen molar-refractivity contribution in [3.8, 4) is 0 Å². The molecule has 2 aliphatic heterocycles. The second-order valence-corrected chi connectivity index (χ2v) is 4.64. The Morgan fingerprint density at radius 3 is 1.36 bits per heavy atom. The van der Waals surface area contributed by atoms with Gasteiger partial charge in [-0.25, -0.2) is 0 Å². The summed E-state index contributed by atoms with van der Waals surface area (Å²) >= 11 is 0. The Labute approximate surface area is 88.3 Å². The smallest absolute Gasteiger partial charge is 0.103 e. The fourth-order valence-corrected chi connectivity index (χ4v) is 2.64. The van der Waals surface area contributed by atoms with Gasteiger partial charge in [0.25, 0.3) is 0 Å². The van der Waals surface area contributed by atoms with E-state index >= 15 is 0 Å². The second kappa shape index (κ2) is 5.13. The first-order chi connectivity index (χ1) is 6.88. The molecule has 0 aromatic rings.